The van der Waals surface area contributed by atoms with Gasteiger partial charge in [-0.05, 0) is 72.2 Å². The van der Waals surface area contributed by atoms with E-state index in [4.69, 9.17) is 0 Å². The van der Waals surface area contributed by atoms with Crippen LogP contribution in [0.4, 0.5) is 0 Å². The van der Waals surface area contributed by atoms with Crippen molar-refractivity contribution in [3.63, 3.8) is 0 Å². The third kappa shape index (κ3) is 5.46. The van der Waals surface area contributed by atoms with Gasteiger partial charge in [0.1, 0.15) is 0 Å². The molecule has 229 valence electrons. The largest absolute Gasteiger partial charge is 0.305 e. The van der Waals surface area contributed by atoms with Crippen LogP contribution in [-0.4, -0.2) is 9.97 Å². The van der Waals surface area contributed by atoms with Crippen molar-refractivity contribution in [1.82, 2.24) is 9.97 Å². The molecule has 7 aromatic carbocycles. The van der Waals surface area contributed by atoms with Gasteiger partial charge in [-0.15, -0.1) is 59.0 Å². The zero-order valence-electron chi connectivity index (χ0n) is 26.5. The minimum Gasteiger partial charge on any atom is -0.305 e. The Morgan fingerprint density at radius 1 is 0.511 bits per heavy atom. The summed E-state index contributed by atoms with van der Waals surface area (Å²) < 4.78 is 0. The summed E-state index contributed by atoms with van der Waals surface area (Å²) in [5, 5.41) is 11.4. The van der Waals surface area contributed by atoms with Crippen molar-refractivity contribution < 1.29 is 20.1 Å². The zero-order chi connectivity index (χ0) is 31.3. The Labute approximate surface area is 288 Å². The first-order chi connectivity index (χ1) is 22.5. The molecule has 0 spiro atoms. The Morgan fingerprint density at radius 3 is 1.94 bits per heavy atom. The van der Waals surface area contributed by atoms with Crippen molar-refractivity contribution in [3.05, 3.63) is 157 Å². The van der Waals surface area contributed by atoms with Crippen LogP contribution in [0.5, 0.6) is 0 Å². The second-order valence-corrected chi connectivity index (χ2v) is 12.9. The van der Waals surface area contributed by atoms with Gasteiger partial charge in [-0.1, -0.05) is 116 Å². The SMILES string of the molecule is CC(C)(C)c1ccnc(-c2[c-]ccc(-c3ccccc3)c2)c1.[Ir].[c-]1ccc2c3ccccc3c3cccc4c5cccnc5c1c2c34. The van der Waals surface area contributed by atoms with Crippen LogP contribution in [0.2, 0.25) is 0 Å². The normalized spacial score (nSPS) is 11.6. The average Bonchev–Trinajstić information content (AvgIpc) is 3.12. The van der Waals surface area contributed by atoms with Gasteiger partial charge in [0.2, 0.25) is 0 Å². The second kappa shape index (κ2) is 12.3. The molecule has 9 rings (SSSR count). The summed E-state index contributed by atoms with van der Waals surface area (Å²) >= 11 is 0. The van der Waals surface area contributed by atoms with Gasteiger partial charge in [-0.2, -0.15) is 0 Å². The number of benzene rings is 7. The quantitative estimate of drug-likeness (QED) is 0.0992. The van der Waals surface area contributed by atoms with E-state index >= 15 is 0 Å². The van der Waals surface area contributed by atoms with Gasteiger partial charge in [0.05, 0.1) is 0 Å². The summed E-state index contributed by atoms with van der Waals surface area (Å²) in [5.41, 5.74) is 6.86. The van der Waals surface area contributed by atoms with Crippen LogP contribution < -0.4 is 0 Å². The predicted octanol–water partition coefficient (Wildman–Crippen LogP) is 11.6. The number of pyridine rings is 2. The first kappa shape index (κ1) is 30.7. The molecule has 2 heterocycles. The fraction of sp³-hybridized carbons (Fsp3) is 0.0909. The molecule has 9 aromatic rings. The van der Waals surface area contributed by atoms with Crippen LogP contribution in [0, 0.1) is 12.1 Å². The first-order valence-corrected chi connectivity index (χ1v) is 15.7. The number of hydrogen-bond acceptors (Lipinski definition) is 2. The Kier molecular flexibility index (Phi) is 8.06. The third-order valence-electron chi connectivity index (χ3n) is 8.96. The van der Waals surface area contributed by atoms with Crippen molar-refractivity contribution in [2.75, 3.05) is 0 Å². The molecule has 0 N–H and O–H groups in total. The van der Waals surface area contributed by atoms with Gasteiger partial charge < -0.3 is 9.97 Å². The number of fused-ring (bicyclic) bond motifs is 6. The summed E-state index contributed by atoms with van der Waals surface area (Å²) in [7, 11) is 0. The van der Waals surface area contributed by atoms with Crippen molar-refractivity contribution >= 4 is 54.0 Å². The maximum absolute atomic E-state index is 4.68. The van der Waals surface area contributed by atoms with E-state index in [1.54, 1.807) is 0 Å². The summed E-state index contributed by atoms with van der Waals surface area (Å²) in [6.45, 7) is 6.66. The van der Waals surface area contributed by atoms with Crippen LogP contribution in [0.3, 0.4) is 0 Å². The Morgan fingerprint density at radius 2 is 1.17 bits per heavy atom. The summed E-state index contributed by atoms with van der Waals surface area (Å²) in [6.07, 6.45) is 3.76. The number of aromatic nitrogens is 2. The third-order valence-corrected chi connectivity index (χ3v) is 8.96. The van der Waals surface area contributed by atoms with Crippen LogP contribution in [-0.2, 0) is 25.5 Å². The van der Waals surface area contributed by atoms with E-state index in [9.17, 15) is 0 Å². The van der Waals surface area contributed by atoms with Gasteiger partial charge >= 0.3 is 0 Å². The Balaban J connectivity index is 0.000000147. The Bertz CT molecular complexity index is 2300. The standard InChI is InChI=1S/C23H12N.C21H20N.Ir/c1-2-7-15-14(6-1)16-8-3-10-18-19-12-5-13-24-23(19)20-11-4-9-17(15)22(20)21(16)18;1-21(2,3)19-12-13-22-20(15-19)18-11-7-10-17(14-18)16-8-5-4-6-9-16;/h1-10,12-13H;4-10,12-15H,1-3H3;/q2*-1;. The molecule has 0 atom stereocenters. The van der Waals surface area contributed by atoms with E-state index in [0.717, 1.165) is 22.2 Å². The fourth-order valence-electron chi connectivity index (χ4n) is 6.68. The molecule has 0 saturated carbocycles. The molecule has 0 saturated heterocycles. The zero-order valence-corrected chi connectivity index (χ0v) is 28.9. The van der Waals surface area contributed by atoms with Gasteiger partial charge in [-0.25, -0.2) is 0 Å². The molecular formula is C44H32IrN2-2. The average molecular weight is 781 g/mol. The second-order valence-electron chi connectivity index (χ2n) is 12.9. The summed E-state index contributed by atoms with van der Waals surface area (Å²) in [5.74, 6) is 0. The summed E-state index contributed by atoms with van der Waals surface area (Å²) in [4.78, 5) is 9.21. The molecular weight excluding hydrogens is 749 g/mol. The minimum atomic E-state index is 0. The predicted molar refractivity (Wildman–Crippen MR) is 194 cm³/mol. The van der Waals surface area contributed by atoms with Gasteiger partial charge in [-0.3, -0.25) is 0 Å². The maximum atomic E-state index is 4.68. The summed E-state index contributed by atoms with van der Waals surface area (Å²) in [6, 6.07) is 51.3. The van der Waals surface area contributed by atoms with E-state index in [2.05, 4.69) is 146 Å². The van der Waals surface area contributed by atoms with Crippen LogP contribution in [0.25, 0.3) is 76.4 Å². The maximum Gasteiger partial charge on any atom is 0.0163 e. The molecule has 0 unspecified atom stereocenters. The van der Waals surface area contributed by atoms with Crippen LogP contribution in [0.15, 0.2) is 140 Å². The number of rotatable bonds is 2. The smallest absolute Gasteiger partial charge is 0.0163 e. The minimum absolute atomic E-state index is 0. The molecule has 3 heteroatoms. The van der Waals surface area contributed by atoms with Gasteiger partial charge in [0.15, 0.2) is 0 Å². The molecule has 0 fully saturated rings. The molecule has 0 aliphatic heterocycles. The van der Waals surface area contributed by atoms with Gasteiger partial charge in [0.25, 0.3) is 0 Å². The Hall–Kier alpha value is -4.95. The fourth-order valence-corrected chi connectivity index (χ4v) is 6.68. The topological polar surface area (TPSA) is 25.8 Å². The molecule has 2 nitrogen and oxygen atoms in total. The molecule has 0 amide bonds. The molecule has 0 bridgehead atoms. The molecule has 0 aliphatic rings. The molecule has 2 aromatic heterocycles. The van der Waals surface area contributed by atoms with Crippen LogP contribution >= 0.6 is 0 Å². The van der Waals surface area contributed by atoms with Gasteiger partial charge in [0, 0.05) is 32.5 Å². The first-order valence-electron chi connectivity index (χ1n) is 15.7. The molecule has 47 heavy (non-hydrogen) atoms. The van der Waals surface area contributed by atoms with Crippen molar-refractivity contribution in [2.45, 2.75) is 26.2 Å². The van der Waals surface area contributed by atoms with E-state index < -0.39 is 0 Å². The number of hydrogen-bond donors (Lipinski definition) is 0. The van der Waals surface area contributed by atoms with Crippen LogP contribution in [0.1, 0.15) is 26.3 Å². The van der Waals surface area contributed by atoms with Crippen molar-refractivity contribution in [3.8, 4) is 22.4 Å². The van der Waals surface area contributed by atoms with E-state index in [0.29, 0.717) is 0 Å². The van der Waals surface area contributed by atoms with E-state index in [1.165, 1.54) is 59.8 Å². The molecule has 1 radical (unpaired) electrons. The van der Waals surface area contributed by atoms with E-state index in [1.807, 2.05) is 36.7 Å². The molecule has 0 aliphatic carbocycles. The van der Waals surface area contributed by atoms with Crippen molar-refractivity contribution in [1.29, 1.82) is 0 Å². The monoisotopic (exact) mass is 781 g/mol. The van der Waals surface area contributed by atoms with Crippen molar-refractivity contribution in [2.24, 2.45) is 0 Å². The van der Waals surface area contributed by atoms with E-state index in [-0.39, 0.29) is 25.5 Å². The number of nitrogens with zero attached hydrogens (tertiary/aromatic N) is 2.